The van der Waals surface area contributed by atoms with Gasteiger partial charge in [0.15, 0.2) is 0 Å². The molecule has 2 saturated heterocycles. The zero-order valence-corrected chi connectivity index (χ0v) is 26.2. The molecule has 1 aliphatic carbocycles. The Labute approximate surface area is 261 Å². The van der Waals surface area contributed by atoms with E-state index in [4.69, 9.17) is 24.2 Å². The third-order valence-corrected chi connectivity index (χ3v) is 9.19. The van der Waals surface area contributed by atoms with E-state index >= 15 is 0 Å². The second-order valence-corrected chi connectivity index (χ2v) is 12.1. The number of benzene rings is 2. The van der Waals surface area contributed by atoms with E-state index in [9.17, 15) is 4.79 Å². The maximum Gasteiger partial charge on any atom is 0.225 e. The molecule has 3 aromatic rings. The summed E-state index contributed by atoms with van der Waals surface area (Å²) in [5.41, 5.74) is 3.49. The van der Waals surface area contributed by atoms with E-state index in [0.717, 1.165) is 50.4 Å². The quantitative estimate of drug-likeness (QED) is 0.305. The van der Waals surface area contributed by atoms with Gasteiger partial charge in [-0.25, -0.2) is 0 Å². The number of carbonyl (C=O) groups excluding carboxylic acids is 1. The van der Waals surface area contributed by atoms with E-state index in [0.29, 0.717) is 50.4 Å². The summed E-state index contributed by atoms with van der Waals surface area (Å²) in [7, 11) is 3.33. The first-order chi connectivity index (χ1) is 21.6. The van der Waals surface area contributed by atoms with Crippen LogP contribution in [0.1, 0.15) is 60.5 Å². The van der Waals surface area contributed by atoms with Crippen LogP contribution in [0.2, 0.25) is 0 Å². The molecule has 6 rings (SSSR count). The summed E-state index contributed by atoms with van der Waals surface area (Å²) >= 11 is 0. The summed E-state index contributed by atoms with van der Waals surface area (Å²) in [4.78, 5) is 30.0. The van der Waals surface area contributed by atoms with Gasteiger partial charge in [0.25, 0.3) is 0 Å². The summed E-state index contributed by atoms with van der Waals surface area (Å²) in [6.45, 7) is 7.50. The zero-order valence-electron chi connectivity index (χ0n) is 26.2. The lowest BCUT2D eigenvalue weighted by molar-refractivity contribution is -0.137. The lowest BCUT2D eigenvalue weighted by Crippen LogP contribution is -2.67. The van der Waals surface area contributed by atoms with Gasteiger partial charge in [0.1, 0.15) is 5.82 Å². The first kappa shape index (κ1) is 30.5. The van der Waals surface area contributed by atoms with Crippen LogP contribution in [0.3, 0.4) is 0 Å². The predicted molar refractivity (Wildman–Crippen MR) is 169 cm³/mol. The zero-order chi connectivity index (χ0) is 30.5. The highest BCUT2D eigenvalue weighted by Crippen LogP contribution is 2.41. The monoisotopic (exact) mass is 599 g/mol. The van der Waals surface area contributed by atoms with Crippen molar-refractivity contribution in [3.8, 4) is 11.8 Å². The minimum atomic E-state index is 0.159. The summed E-state index contributed by atoms with van der Waals surface area (Å²) in [6.07, 6.45) is 2.63. The van der Waals surface area contributed by atoms with Gasteiger partial charge in [0, 0.05) is 70.3 Å². The van der Waals surface area contributed by atoms with Crippen LogP contribution in [0.15, 0.2) is 60.7 Å². The molecular formula is C35H45N5O4. The molecule has 1 saturated carbocycles. The number of nitrogens with zero attached hydrogens (tertiary/aromatic N) is 5. The van der Waals surface area contributed by atoms with Crippen LogP contribution in [0.4, 0.5) is 0 Å². The standard InChI is InChI=1S/C35H45N5O4/c1-4-44-35-29(34(43-3)36-33(37-35)27-15-16-27)23-38-21-28-22-39(31(41)17-20-42-2)18-19-40(28)30(24-38)32(25-11-7-5-8-12-25)26-13-9-6-10-14-26/h5-14,27-28,30,32H,4,15-24H2,1-3H3. The molecule has 0 bridgehead atoms. The molecule has 2 atom stereocenters. The first-order valence-corrected chi connectivity index (χ1v) is 16.0. The number of ether oxygens (including phenoxy) is 3. The van der Waals surface area contributed by atoms with E-state index < -0.39 is 0 Å². The Bertz CT molecular complexity index is 1350. The van der Waals surface area contributed by atoms with Gasteiger partial charge in [-0.05, 0) is 30.9 Å². The molecule has 0 spiro atoms. The number of aromatic nitrogens is 2. The highest BCUT2D eigenvalue weighted by atomic mass is 16.5. The third-order valence-electron chi connectivity index (χ3n) is 9.19. The molecule has 3 fully saturated rings. The summed E-state index contributed by atoms with van der Waals surface area (Å²) in [5.74, 6) is 2.77. The molecule has 3 heterocycles. The van der Waals surface area contributed by atoms with Crippen molar-refractivity contribution in [3.05, 3.63) is 83.2 Å². The van der Waals surface area contributed by atoms with Gasteiger partial charge in [-0.2, -0.15) is 9.97 Å². The third kappa shape index (κ3) is 6.75. The smallest absolute Gasteiger partial charge is 0.225 e. The number of fused-ring (bicyclic) bond motifs is 1. The number of hydrogen-bond acceptors (Lipinski definition) is 8. The second kappa shape index (κ2) is 14.1. The van der Waals surface area contributed by atoms with Gasteiger partial charge in [0.05, 0.1) is 32.3 Å². The fraction of sp³-hybridized carbons (Fsp3) is 0.514. The fourth-order valence-electron chi connectivity index (χ4n) is 6.94. The molecule has 1 aromatic heterocycles. The Balaban J connectivity index is 1.36. The average Bonchev–Trinajstić information content (AvgIpc) is 3.91. The Morgan fingerprint density at radius 2 is 1.59 bits per heavy atom. The average molecular weight is 600 g/mol. The van der Waals surface area contributed by atoms with Crippen LogP contribution in [0.5, 0.6) is 11.8 Å². The second-order valence-electron chi connectivity index (χ2n) is 12.1. The molecule has 234 valence electrons. The molecule has 2 aromatic carbocycles. The van der Waals surface area contributed by atoms with Crippen LogP contribution >= 0.6 is 0 Å². The lowest BCUT2D eigenvalue weighted by Gasteiger charge is -2.53. The van der Waals surface area contributed by atoms with E-state index in [1.807, 2.05) is 11.8 Å². The van der Waals surface area contributed by atoms with Crippen molar-refractivity contribution in [2.45, 2.75) is 56.7 Å². The first-order valence-electron chi connectivity index (χ1n) is 16.0. The molecular weight excluding hydrogens is 554 g/mol. The Kier molecular flexibility index (Phi) is 9.74. The number of piperazine rings is 2. The van der Waals surface area contributed by atoms with Crippen molar-refractivity contribution in [1.82, 2.24) is 24.7 Å². The molecule has 0 radical (unpaired) electrons. The molecule has 9 heteroatoms. The fourth-order valence-corrected chi connectivity index (χ4v) is 6.94. The topological polar surface area (TPSA) is 80.3 Å². The normalized spacial score (nSPS) is 20.9. The van der Waals surface area contributed by atoms with Gasteiger partial charge in [-0.3, -0.25) is 14.6 Å². The van der Waals surface area contributed by atoms with Gasteiger partial charge in [0.2, 0.25) is 17.7 Å². The van der Waals surface area contributed by atoms with Crippen molar-refractivity contribution in [1.29, 1.82) is 0 Å². The van der Waals surface area contributed by atoms with Gasteiger partial charge >= 0.3 is 0 Å². The maximum atomic E-state index is 13.1. The van der Waals surface area contributed by atoms with Gasteiger partial charge in [-0.1, -0.05) is 60.7 Å². The minimum absolute atomic E-state index is 0.159. The predicted octanol–water partition coefficient (Wildman–Crippen LogP) is 4.33. The number of rotatable bonds is 12. The highest BCUT2D eigenvalue weighted by molar-refractivity contribution is 5.76. The Hall–Kier alpha value is -3.53. The van der Waals surface area contributed by atoms with Crippen molar-refractivity contribution < 1.29 is 19.0 Å². The number of hydrogen-bond donors (Lipinski definition) is 0. The highest BCUT2D eigenvalue weighted by Gasteiger charge is 2.43. The van der Waals surface area contributed by atoms with Crippen LogP contribution < -0.4 is 9.47 Å². The maximum absolute atomic E-state index is 13.1. The lowest BCUT2D eigenvalue weighted by atomic mass is 9.81. The summed E-state index contributed by atoms with van der Waals surface area (Å²) < 4.78 is 17.2. The SMILES string of the molecule is CCOc1nc(C2CC2)nc(OC)c1CN1CC2CN(C(=O)CCOC)CCN2C(C(c2ccccc2)c2ccccc2)C1. The van der Waals surface area contributed by atoms with Crippen LogP contribution in [0.25, 0.3) is 0 Å². The molecule has 9 nitrogen and oxygen atoms in total. The molecule has 0 N–H and O–H groups in total. The van der Waals surface area contributed by atoms with E-state index in [-0.39, 0.29) is 23.9 Å². The minimum Gasteiger partial charge on any atom is -0.481 e. The van der Waals surface area contributed by atoms with Crippen LogP contribution in [0, 0.1) is 0 Å². The summed E-state index contributed by atoms with van der Waals surface area (Å²) in [6, 6.07) is 22.1. The number of amides is 1. The van der Waals surface area contributed by atoms with E-state index in [1.54, 1.807) is 14.2 Å². The molecule has 44 heavy (non-hydrogen) atoms. The Morgan fingerprint density at radius 1 is 0.909 bits per heavy atom. The molecule has 3 aliphatic rings. The van der Waals surface area contributed by atoms with Crippen molar-refractivity contribution >= 4 is 5.91 Å². The van der Waals surface area contributed by atoms with E-state index in [1.165, 1.54) is 11.1 Å². The number of carbonyl (C=O) groups is 1. The number of methoxy groups -OCH3 is 2. The Morgan fingerprint density at radius 3 is 2.20 bits per heavy atom. The van der Waals surface area contributed by atoms with Crippen LogP contribution in [-0.2, 0) is 16.1 Å². The van der Waals surface area contributed by atoms with Crippen molar-refractivity contribution in [2.24, 2.45) is 0 Å². The summed E-state index contributed by atoms with van der Waals surface area (Å²) in [5, 5.41) is 0. The molecule has 1 amide bonds. The van der Waals surface area contributed by atoms with Gasteiger partial charge in [-0.15, -0.1) is 0 Å². The molecule has 2 unspecified atom stereocenters. The van der Waals surface area contributed by atoms with Crippen LogP contribution in [-0.4, -0.2) is 103 Å². The van der Waals surface area contributed by atoms with Crippen molar-refractivity contribution in [3.63, 3.8) is 0 Å². The van der Waals surface area contributed by atoms with Crippen molar-refractivity contribution in [2.75, 3.05) is 60.2 Å². The molecule has 2 aliphatic heterocycles. The largest absolute Gasteiger partial charge is 0.481 e. The van der Waals surface area contributed by atoms with E-state index in [2.05, 4.69) is 70.5 Å². The van der Waals surface area contributed by atoms with Gasteiger partial charge < -0.3 is 19.1 Å².